The molecule has 1 fully saturated rings. The van der Waals surface area contributed by atoms with Crippen LogP contribution in [0, 0.1) is 11.8 Å². The van der Waals surface area contributed by atoms with Gasteiger partial charge in [-0.2, -0.15) is 0 Å². The van der Waals surface area contributed by atoms with E-state index in [1.165, 1.54) is 6.42 Å². The number of likely N-dealkylation sites (tertiary alicyclic amines) is 1. The normalized spacial score (nSPS) is 16.5. The third kappa shape index (κ3) is 18.6. The molecule has 56 heavy (non-hydrogen) atoms. The number of hydrogen-bond donors (Lipinski definition) is 5. The van der Waals surface area contributed by atoms with Gasteiger partial charge in [0.25, 0.3) is 0 Å². The fourth-order valence-corrected chi connectivity index (χ4v) is 6.35. The first-order valence-electron chi connectivity index (χ1n) is 21.2. The first kappa shape index (κ1) is 51.8. The van der Waals surface area contributed by atoms with Crippen LogP contribution in [0.3, 0.4) is 0 Å². The van der Waals surface area contributed by atoms with Crippen LogP contribution in [-0.4, -0.2) is 78.5 Å². The summed E-state index contributed by atoms with van der Waals surface area (Å²) in [7, 11) is 1.56. The van der Waals surface area contributed by atoms with Crippen molar-refractivity contribution in [2.24, 2.45) is 11.8 Å². The summed E-state index contributed by atoms with van der Waals surface area (Å²) in [6, 6.07) is 7.27. The Hall–Kier alpha value is -4.22. The number of Topliss-reactive ketones (excluding diaryl/α,β-unsaturated/α-hetero) is 1. The summed E-state index contributed by atoms with van der Waals surface area (Å²) in [5, 5.41) is 14.3. The van der Waals surface area contributed by atoms with Crippen molar-refractivity contribution in [1.29, 1.82) is 0 Å². The number of hydrogen-bond acceptors (Lipinski definition) is 7. The van der Waals surface area contributed by atoms with E-state index >= 15 is 0 Å². The zero-order valence-electron chi connectivity index (χ0n) is 36.5. The molecule has 0 aromatic heterocycles. The van der Waals surface area contributed by atoms with E-state index in [1.54, 1.807) is 11.9 Å². The Morgan fingerprint density at radius 1 is 0.821 bits per heavy atom. The minimum Gasteiger partial charge on any atom is -0.376 e. The minimum absolute atomic E-state index is 0.0911. The molecule has 12 nitrogen and oxygen atoms in total. The van der Waals surface area contributed by atoms with Gasteiger partial charge < -0.3 is 31.5 Å². The molecule has 4 unspecified atom stereocenters. The van der Waals surface area contributed by atoms with E-state index in [2.05, 4.69) is 40.4 Å². The SMILES string of the molecule is CC.CCC.CCCC=C(NC(C)c1ccccc1)C(=O)C(CCC)NC(=O)C1[C@@H](CC)CCN1C(=O)C(NC(=O)CNC(=O)CCCCC(=O)NC)C(C)C. The van der Waals surface area contributed by atoms with Gasteiger partial charge in [0.1, 0.15) is 12.1 Å². The summed E-state index contributed by atoms with van der Waals surface area (Å²) in [6.45, 7) is 19.9. The predicted molar refractivity (Wildman–Crippen MR) is 226 cm³/mol. The molecule has 318 valence electrons. The number of rotatable bonds is 22. The molecule has 0 spiro atoms. The molecule has 0 aliphatic carbocycles. The van der Waals surface area contributed by atoms with Gasteiger partial charge in [0.2, 0.25) is 35.3 Å². The van der Waals surface area contributed by atoms with Crippen molar-refractivity contribution in [3.63, 3.8) is 0 Å². The van der Waals surface area contributed by atoms with Crippen LogP contribution >= 0.6 is 0 Å². The van der Waals surface area contributed by atoms with Gasteiger partial charge in [-0.3, -0.25) is 28.8 Å². The lowest BCUT2D eigenvalue weighted by molar-refractivity contribution is -0.143. The average molecular weight is 785 g/mol. The third-order valence-electron chi connectivity index (χ3n) is 9.42. The predicted octanol–water partition coefficient (Wildman–Crippen LogP) is 6.51. The Morgan fingerprint density at radius 3 is 1.96 bits per heavy atom. The molecule has 5 amide bonds. The van der Waals surface area contributed by atoms with Crippen LogP contribution in [0.4, 0.5) is 0 Å². The molecule has 1 saturated heterocycles. The smallest absolute Gasteiger partial charge is 0.246 e. The molecule has 0 saturated carbocycles. The fraction of sp³-hybridized carbons (Fsp3) is 0.682. The highest BCUT2D eigenvalue weighted by Crippen LogP contribution is 2.29. The summed E-state index contributed by atoms with van der Waals surface area (Å²) in [5.74, 6) is -2.24. The molecule has 2 rings (SSSR count). The Kier molecular flexibility index (Phi) is 27.7. The molecular weight excluding hydrogens is 709 g/mol. The number of allylic oxidation sites excluding steroid dienone is 1. The minimum atomic E-state index is -0.909. The van der Waals surface area contributed by atoms with Gasteiger partial charge in [-0.15, -0.1) is 0 Å². The van der Waals surface area contributed by atoms with Crippen molar-refractivity contribution in [2.75, 3.05) is 20.1 Å². The van der Waals surface area contributed by atoms with E-state index in [0.717, 1.165) is 12.0 Å². The Morgan fingerprint density at radius 2 is 1.43 bits per heavy atom. The quantitative estimate of drug-likeness (QED) is 0.0661. The van der Waals surface area contributed by atoms with E-state index in [9.17, 15) is 28.8 Å². The number of carbonyl (C=O) groups is 6. The molecule has 1 aliphatic rings. The standard InChI is InChI=1S/C39H62N6O6.C3H8.C2H6/c1-8-11-20-31(42-27(6)29-18-13-12-14-19-29)37(49)30(17-9-2)43-38(50)36-28(10-3)23-24-45(36)39(51)35(26(4)5)44-34(48)25-41-33(47)22-16-15-21-32(46)40-7;1-3-2;1-2/h12-14,18-20,26-28,30,35-36,42H,8-11,15-17,21-25H2,1-7H3,(H,40,46)(H,41,47)(H,43,50)(H,44,48);3H2,1-2H3;1-2H3/t27?,28-,30?,35?,36?;;/m0../s1. The number of benzene rings is 1. The third-order valence-corrected chi connectivity index (χ3v) is 9.42. The van der Waals surface area contributed by atoms with Crippen molar-refractivity contribution in [2.45, 2.75) is 164 Å². The first-order valence-corrected chi connectivity index (χ1v) is 21.2. The van der Waals surface area contributed by atoms with Crippen LogP contribution < -0.4 is 26.6 Å². The van der Waals surface area contributed by atoms with E-state index in [4.69, 9.17) is 0 Å². The van der Waals surface area contributed by atoms with E-state index < -0.39 is 24.0 Å². The van der Waals surface area contributed by atoms with Crippen LogP contribution in [0.1, 0.15) is 151 Å². The summed E-state index contributed by atoms with van der Waals surface area (Å²) in [6.07, 6.45) is 8.70. The number of carbonyl (C=O) groups excluding carboxylic acids is 6. The van der Waals surface area contributed by atoms with Gasteiger partial charge in [-0.25, -0.2) is 0 Å². The Bertz CT molecular complexity index is 1350. The van der Waals surface area contributed by atoms with Crippen LogP contribution in [-0.2, 0) is 28.8 Å². The number of amides is 5. The van der Waals surface area contributed by atoms with E-state index in [1.807, 2.05) is 91.8 Å². The summed E-state index contributed by atoms with van der Waals surface area (Å²) in [5.41, 5.74) is 1.51. The summed E-state index contributed by atoms with van der Waals surface area (Å²) < 4.78 is 0. The van der Waals surface area contributed by atoms with Crippen molar-refractivity contribution in [3.05, 3.63) is 47.7 Å². The van der Waals surface area contributed by atoms with Crippen LogP contribution in [0.15, 0.2) is 42.1 Å². The molecule has 1 aromatic carbocycles. The molecule has 1 heterocycles. The zero-order chi connectivity index (χ0) is 42.6. The van der Waals surface area contributed by atoms with Gasteiger partial charge >= 0.3 is 0 Å². The maximum atomic E-state index is 14.1. The van der Waals surface area contributed by atoms with Crippen LogP contribution in [0.2, 0.25) is 0 Å². The molecule has 1 aromatic rings. The second-order valence-electron chi connectivity index (χ2n) is 14.5. The first-order chi connectivity index (χ1) is 26.8. The summed E-state index contributed by atoms with van der Waals surface area (Å²) in [4.78, 5) is 80.3. The highest BCUT2D eigenvalue weighted by atomic mass is 16.2. The lowest BCUT2D eigenvalue weighted by Gasteiger charge is -2.33. The molecule has 12 heteroatoms. The Labute approximate surface area is 338 Å². The van der Waals surface area contributed by atoms with Crippen molar-refractivity contribution >= 4 is 35.3 Å². The van der Waals surface area contributed by atoms with Crippen LogP contribution in [0.5, 0.6) is 0 Å². The topological polar surface area (TPSA) is 166 Å². The van der Waals surface area contributed by atoms with Gasteiger partial charge in [-0.05, 0) is 56.4 Å². The number of ketones is 1. The van der Waals surface area contributed by atoms with Crippen molar-refractivity contribution < 1.29 is 28.8 Å². The van der Waals surface area contributed by atoms with Crippen LogP contribution in [0.25, 0.3) is 0 Å². The van der Waals surface area contributed by atoms with Gasteiger partial charge in [-0.1, -0.05) is 124 Å². The molecule has 5 atom stereocenters. The highest BCUT2D eigenvalue weighted by molar-refractivity contribution is 6.02. The highest BCUT2D eigenvalue weighted by Gasteiger charge is 2.44. The number of nitrogens with one attached hydrogen (secondary N) is 5. The largest absolute Gasteiger partial charge is 0.376 e. The second kappa shape index (κ2) is 30.0. The lowest BCUT2D eigenvalue weighted by atomic mass is 9.94. The molecule has 5 N–H and O–H groups in total. The molecular formula is C44H76N6O6. The summed E-state index contributed by atoms with van der Waals surface area (Å²) >= 11 is 0. The van der Waals surface area contributed by atoms with Gasteiger partial charge in [0.15, 0.2) is 0 Å². The Balaban J connectivity index is 0.00000575. The van der Waals surface area contributed by atoms with E-state index in [-0.39, 0.29) is 60.3 Å². The van der Waals surface area contributed by atoms with E-state index in [0.29, 0.717) is 63.6 Å². The maximum absolute atomic E-state index is 14.1. The average Bonchev–Trinajstić information content (AvgIpc) is 3.64. The molecule has 0 bridgehead atoms. The fourth-order valence-electron chi connectivity index (χ4n) is 6.35. The number of nitrogens with zero attached hydrogens (tertiary/aromatic N) is 1. The lowest BCUT2D eigenvalue weighted by Crippen LogP contribution is -2.58. The van der Waals surface area contributed by atoms with Crippen molar-refractivity contribution in [3.8, 4) is 0 Å². The molecule has 1 aliphatic heterocycles. The zero-order valence-corrected chi connectivity index (χ0v) is 36.5. The molecule has 0 radical (unpaired) electrons. The number of unbranched alkanes of at least 4 members (excludes halogenated alkanes) is 2. The second-order valence-corrected chi connectivity index (χ2v) is 14.5. The van der Waals surface area contributed by atoms with Crippen molar-refractivity contribution in [1.82, 2.24) is 31.5 Å². The monoisotopic (exact) mass is 785 g/mol. The van der Waals surface area contributed by atoms with Gasteiger partial charge in [0, 0.05) is 32.5 Å². The maximum Gasteiger partial charge on any atom is 0.246 e. The van der Waals surface area contributed by atoms with Gasteiger partial charge in [0.05, 0.1) is 18.3 Å².